The molecule has 1 rings (SSSR count). The molecule has 2 heteroatoms. The summed E-state index contributed by atoms with van der Waals surface area (Å²) in [5, 5.41) is 0. The van der Waals surface area contributed by atoms with Gasteiger partial charge in [-0.05, 0) is 43.5 Å². The number of aryl methyl sites for hydroxylation is 1. The molecule has 0 radical (unpaired) electrons. The molecule has 15 heavy (non-hydrogen) atoms. The number of hydrogen-bond donors (Lipinski definition) is 2. The summed E-state index contributed by atoms with van der Waals surface area (Å²) < 4.78 is 0. The lowest BCUT2D eigenvalue weighted by Gasteiger charge is -2.05. The first-order chi connectivity index (χ1) is 7.17. The van der Waals surface area contributed by atoms with E-state index in [1.807, 2.05) is 12.1 Å². The van der Waals surface area contributed by atoms with Crippen molar-refractivity contribution in [2.45, 2.75) is 40.0 Å². The molecule has 0 bridgehead atoms. The molecule has 4 N–H and O–H groups in total. The minimum absolute atomic E-state index is 0.819. The van der Waals surface area contributed by atoms with Crippen molar-refractivity contribution >= 4 is 5.69 Å². The molecule has 1 aromatic rings. The van der Waals surface area contributed by atoms with Crippen molar-refractivity contribution in [3.63, 3.8) is 0 Å². The van der Waals surface area contributed by atoms with Gasteiger partial charge in [-0.2, -0.15) is 0 Å². The maximum atomic E-state index is 5.75. The highest BCUT2D eigenvalue weighted by Gasteiger charge is 1.98. The average Bonchev–Trinajstić information content (AvgIpc) is 2.25. The Morgan fingerprint density at radius 3 is 2.20 bits per heavy atom. The summed E-state index contributed by atoms with van der Waals surface area (Å²) in [7, 11) is 0. The highest BCUT2D eigenvalue weighted by atomic mass is 14.6. The molecule has 0 amide bonds. The van der Waals surface area contributed by atoms with Gasteiger partial charge in [0.05, 0.1) is 0 Å². The summed E-state index contributed by atoms with van der Waals surface area (Å²) in [5.41, 5.74) is 14.3. The zero-order valence-corrected chi connectivity index (χ0v) is 10.2. The molecule has 0 saturated carbocycles. The summed E-state index contributed by atoms with van der Waals surface area (Å²) in [6.07, 6.45) is 3.42. The summed E-state index contributed by atoms with van der Waals surface area (Å²) in [6, 6.07) is 6.12. The summed E-state index contributed by atoms with van der Waals surface area (Å²) in [4.78, 5) is 0. The quantitative estimate of drug-likeness (QED) is 0.750. The van der Waals surface area contributed by atoms with Crippen LogP contribution in [0.5, 0.6) is 0 Å². The van der Waals surface area contributed by atoms with Gasteiger partial charge < -0.3 is 11.5 Å². The monoisotopic (exact) mass is 208 g/mol. The van der Waals surface area contributed by atoms with E-state index in [1.165, 1.54) is 17.5 Å². The van der Waals surface area contributed by atoms with Crippen LogP contribution >= 0.6 is 0 Å². The zero-order valence-electron chi connectivity index (χ0n) is 10.2. The predicted molar refractivity (Wildman–Crippen MR) is 68.9 cm³/mol. The van der Waals surface area contributed by atoms with Crippen molar-refractivity contribution < 1.29 is 0 Å². The van der Waals surface area contributed by atoms with Crippen LogP contribution in [0.4, 0.5) is 5.69 Å². The number of anilines is 1. The molecular formula is C13H24N2. The Labute approximate surface area is 93.7 Å². The normalized spacial score (nSPS) is 9.33. The molecule has 0 aliphatic rings. The maximum absolute atomic E-state index is 5.75. The van der Waals surface area contributed by atoms with E-state index in [4.69, 9.17) is 11.5 Å². The van der Waals surface area contributed by atoms with E-state index in [2.05, 4.69) is 26.8 Å². The third-order valence-electron chi connectivity index (χ3n) is 2.30. The van der Waals surface area contributed by atoms with Crippen molar-refractivity contribution in [1.29, 1.82) is 0 Å². The SMILES string of the molecule is CCCN.CCCc1cccc(N)c1C. The second-order valence-electron chi connectivity index (χ2n) is 3.67. The van der Waals surface area contributed by atoms with Crippen LogP contribution in [0.1, 0.15) is 37.8 Å². The largest absolute Gasteiger partial charge is 0.399 e. The Morgan fingerprint density at radius 2 is 1.73 bits per heavy atom. The van der Waals surface area contributed by atoms with Gasteiger partial charge in [-0.15, -0.1) is 0 Å². The van der Waals surface area contributed by atoms with Crippen LogP contribution in [0, 0.1) is 6.92 Å². The molecule has 0 fully saturated rings. The standard InChI is InChI=1S/C10H15N.C3H9N/c1-3-5-9-6-4-7-10(11)8(9)2;1-2-3-4/h4,6-7H,3,5,11H2,1-2H3;2-4H2,1H3. The molecule has 0 aliphatic carbocycles. The Hall–Kier alpha value is -1.02. The van der Waals surface area contributed by atoms with E-state index in [9.17, 15) is 0 Å². The summed E-state index contributed by atoms with van der Waals surface area (Å²) >= 11 is 0. The highest BCUT2D eigenvalue weighted by Crippen LogP contribution is 2.16. The second kappa shape index (κ2) is 8.30. The zero-order chi connectivity index (χ0) is 11.7. The van der Waals surface area contributed by atoms with Crippen LogP contribution in [-0.4, -0.2) is 6.54 Å². The van der Waals surface area contributed by atoms with E-state index < -0.39 is 0 Å². The van der Waals surface area contributed by atoms with Crippen LogP contribution < -0.4 is 11.5 Å². The van der Waals surface area contributed by atoms with Gasteiger partial charge in [0, 0.05) is 5.69 Å². The first-order valence-corrected chi connectivity index (χ1v) is 5.71. The van der Waals surface area contributed by atoms with Crippen LogP contribution in [0.3, 0.4) is 0 Å². The van der Waals surface area contributed by atoms with E-state index >= 15 is 0 Å². The van der Waals surface area contributed by atoms with E-state index in [0.29, 0.717) is 0 Å². The fraction of sp³-hybridized carbons (Fsp3) is 0.538. The lowest BCUT2D eigenvalue weighted by atomic mass is 10.0. The number of rotatable bonds is 3. The number of nitrogens with two attached hydrogens (primary N) is 2. The smallest absolute Gasteiger partial charge is 0.0346 e. The van der Waals surface area contributed by atoms with Crippen LogP contribution in [0.25, 0.3) is 0 Å². The van der Waals surface area contributed by atoms with E-state index in [1.54, 1.807) is 0 Å². The molecule has 0 saturated heterocycles. The van der Waals surface area contributed by atoms with Gasteiger partial charge in [0.1, 0.15) is 0 Å². The topological polar surface area (TPSA) is 52.0 Å². The summed E-state index contributed by atoms with van der Waals surface area (Å²) in [6.45, 7) is 7.14. The molecule has 0 heterocycles. The number of hydrogen-bond acceptors (Lipinski definition) is 2. The Bertz CT molecular complexity index is 267. The molecule has 0 aromatic heterocycles. The molecular weight excluding hydrogens is 184 g/mol. The maximum Gasteiger partial charge on any atom is 0.0346 e. The molecule has 2 nitrogen and oxygen atoms in total. The van der Waals surface area contributed by atoms with Gasteiger partial charge in [-0.1, -0.05) is 32.4 Å². The fourth-order valence-electron chi connectivity index (χ4n) is 1.24. The van der Waals surface area contributed by atoms with Crippen molar-refractivity contribution in [2.75, 3.05) is 12.3 Å². The van der Waals surface area contributed by atoms with Gasteiger partial charge in [0.15, 0.2) is 0 Å². The van der Waals surface area contributed by atoms with Gasteiger partial charge in [-0.3, -0.25) is 0 Å². The fourth-order valence-corrected chi connectivity index (χ4v) is 1.24. The highest BCUT2D eigenvalue weighted by molar-refractivity contribution is 5.49. The summed E-state index contributed by atoms with van der Waals surface area (Å²) in [5.74, 6) is 0. The van der Waals surface area contributed by atoms with Gasteiger partial charge >= 0.3 is 0 Å². The van der Waals surface area contributed by atoms with Gasteiger partial charge in [0.2, 0.25) is 0 Å². The van der Waals surface area contributed by atoms with Crippen molar-refractivity contribution in [3.05, 3.63) is 29.3 Å². The third kappa shape index (κ3) is 5.43. The van der Waals surface area contributed by atoms with Crippen LogP contribution in [-0.2, 0) is 6.42 Å². The van der Waals surface area contributed by atoms with E-state index in [-0.39, 0.29) is 0 Å². The molecule has 0 aliphatic heterocycles. The lowest BCUT2D eigenvalue weighted by molar-refractivity contribution is 0.913. The number of benzene rings is 1. The Balaban J connectivity index is 0.000000423. The minimum Gasteiger partial charge on any atom is -0.399 e. The third-order valence-corrected chi connectivity index (χ3v) is 2.30. The Kier molecular flexibility index (Phi) is 7.74. The molecule has 0 unspecified atom stereocenters. The van der Waals surface area contributed by atoms with Gasteiger partial charge in [-0.25, -0.2) is 0 Å². The lowest BCUT2D eigenvalue weighted by Crippen LogP contribution is -1.94. The van der Waals surface area contributed by atoms with Crippen molar-refractivity contribution in [1.82, 2.24) is 0 Å². The van der Waals surface area contributed by atoms with Crippen molar-refractivity contribution in [2.24, 2.45) is 5.73 Å². The first-order valence-electron chi connectivity index (χ1n) is 5.71. The molecule has 0 atom stereocenters. The Morgan fingerprint density at radius 1 is 1.13 bits per heavy atom. The van der Waals surface area contributed by atoms with E-state index in [0.717, 1.165) is 25.1 Å². The number of nitrogen functional groups attached to an aromatic ring is 1. The van der Waals surface area contributed by atoms with Gasteiger partial charge in [0.25, 0.3) is 0 Å². The van der Waals surface area contributed by atoms with Crippen LogP contribution in [0.15, 0.2) is 18.2 Å². The van der Waals surface area contributed by atoms with Crippen molar-refractivity contribution in [3.8, 4) is 0 Å². The second-order valence-corrected chi connectivity index (χ2v) is 3.67. The molecule has 0 spiro atoms. The van der Waals surface area contributed by atoms with Crippen LogP contribution in [0.2, 0.25) is 0 Å². The first kappa shape index (κ1) is 14.0. The minimum atomic E-state index is 0.819. The molecule has 86 valence electrons. The predicted octanol–water partition coefficient (Wildman–Crippen LogP) is 2.88. The molecule has 1 aromatic carbocycles. The average molecular weight is 208 g/mol.